The summed E-state index contributed by atoms with van der Waals surface area (Å²) in [4.78, 5) is 4.34. The molecule has 2 saturated heterocycles. The Balaban J connectivity index is 1.44. The van der Waals surface area contributed by atoms with Gasteiger partial charge in [0.2, 0.25) is 0 Å². The molecule has 2 bridgehead atoms. The fourth-order valence-electron chi connectivity index (χ4n) is 3.44. The number of nitrogens with one attached hydrogen (secondary N) is 2. The zero-order valence-corrected chi connectivity index (χ0v) is 11.8. The number of hydrogen-bond acceptors (Lipinski definition) is 2. The van der Waals surface area contributed by atoms with Crippen molar-refractivity contribution in [3.05, 3.63) is 12.2 Å². The molecule has 0 aromatic rings. The minimum Gasteiger partial charge on any atom is -0.373 e. The Labute approximate surface area is 115 Å². The summed E-state index contributed by atoms with van der Waals surface area (Å²) in [5.74, 6) is 1.69. The summed E-state index contributed by atoms with van der Waals surface area (Å²) in [5.41, 5.74) is 0. The molecule has 0 aromatic carbocycles. The minimum atomic E-state index is 0.404. The van der Waals surface area contributed by atoms with Crippen LogP contribution in [0.3, 0.4) is 0 Å². The number of fused-ring (bicyclic) bond motifs is 2. The highest BCUT2D eigenvalue weighted by molar-refractivity contribution is 5.80. The lowest BCUT2D eigenvalue weighted by Crippen LogP contribution is -2.48. The van der Waals surface area contributed by atoms with Crippen molar-refractivity contribution in [1.29, 1.82) is 0 Å². The van der Waals surface area contributed by atoms with Gasteiger partial charge in [0.05, 0.1) is 18.2 Å². The van der Waals surface area contributed by atoms with Crippen molar-refractivity contribution in [3.8, 4) is 0 Å². The maximum Gasteiger partial charge on any atom is 0.191 e. The molecule has 0 aromatic heterocycles. The van der Waals surface area contributed by atoms with Crippen LogP contribution in [0.25, 0.3) is 0 Å². The van der Waals surface area contributed by atoms with Crippen molar-refractivity contribution >= 4 is 5.96 Å². The molecular weight excluding hydrogens is 238 g/mol. The van der Waals surface area contributed by atoms with E-state index in [2.05, 4.69) is 27.8 Å². The summed E-state index contributed by atoms with van der Waals surface area (Å²) in [7, 11) is 1.85. The number of allylic oxidation sites excluding steroid dienone is 2. The first-order chi connectivity index (χ1) is 9.35. The lowest BCUT2D eigenvalue weighted by molar-refractivity contribution is 0.0992. The van der Waals surface area contributed by atoms with E-state index >= 15 is 0 Å². The van der Waals surface area contributed by atoms with Crippen LogP contribution in [0.2, 0.25) is 0 Å². The van der Waals surface area contributed by atoms with Gasteiger partial charge in [0.1, 0.15) is 0 Å². The SMILES string of the molecule is CN=C(NCC1CC=CCC1)NC1CC2CCC1O2. The van der Waals surface area contributed by atoms with Gasteiger partial charge in [0.15, 0.2) is 5.96 Å². The molecule has 0 amide bonds. The van der Waals surface area contributed by atoms with Gasteiger partial charge in [-0.1, -0.05) is 12.2 Å². The Hall–Kier alpha value is -1.03. The highest BCUT2D eigenvalue weighted by atomic mass is 16.5. The molecule has 19 heavy (non-hydrogen) atoms. The van der Waals surface area contributed by atoms with E-state index in [-0.39, 0.29) is 0 Å². The average Bonchev–Trinajstić information content (AvgIpc) is 3.07. The van der Waals surface area contributed by atoms with Crippen LogP contribution in [0.4, 0.5) is 0 Å². The van der Waals surface area contributed by atoms with Crippen molar-refractivity contribution in [1.82, 2.24) is 10.6 Å². The van der Waals surface area contributed by atoms with Gasteiger partial charge in [-0.2, -0.15) is 0 Å². The first kappa shape index (κ1) is 13.0. The number of aliphatic imine (C=N–C) groups is 1. The van der Waals surface area contributed by atoms with Gasteiger partial charge in [0.25, 0.3) is 0 Å². The quantitative estimate of drug-likeness (QED) is 0.464. The largest absolute Gasteiger partial charge is 0.373 e. The third-order valence-electron chi connectivity index (χ3n) is 4.59. The predicted octanol–water partition coefficient (Wildman–Crippen LogP) is 1.83. The second-order valence-corrected chi connectivity index (χ2v) is 5.96. The van der Waals surface area contributed by atoms with E-state index in [0.717, 1.165) is 24.8 Å². The first-order valence-corrected chi connectivity index (χ1v) is 7.63. The van der Waals surface area contributed by atoms with E-state index in [1.54, 1.807) is 0 Å². The molecule has 4 unspecified atom stereocenters. The van der Waals surface area contributed by atoms with Gasteiger partial charge in [0, 0.05) is 13.6 Å². The monoisotopic (exact) mass is 263 g/mol. The van der Waals surface area contributed by atoms with E-state index in [9.17, 15) is 0 Å². The Bertz CT molecular complexity index is 366. The molecule has 2 fully saturated rings. The third-order valence-corrected chi connectivity index (χ3v) is 4.59. The van der Waals surface area contributed by atoms with Crippen molar-refractivity contribution in [2.75, 3.05) is 13.6 Å². The maximum atomic E-state index is 5.87. The number of ether oxygens (including phenoxy) is 1. The molecule has 4 atom stereocenters. The Morgan fingerprint density at radius 1 is 1.32 bits per heavy atom. The Morgan fingerprint density at radius 3 is 2.89 bits per heavy atom. The molecule has 4 nitrogen and oxygen atoms in total. The lowest BCUT2D eigenvalue weighted by Gasteiger charge is -2.24. The molecule has 106 valence electrons. The topological polar surface area (TPSA) is 45.7 Å². The van der Waals surface area contributed by atoms with Crippen molar-refractivity contribution in [3.63, 3.8) is 0 Å². The molecule has 4 heteroatoms. The summed E-state index contributed by atoms with van der Waals surface area (Å²) in [6.45, 7) is 1.02. The van der Waals surface area contributed by atoms with Gasteiger partial charge in [-0.05, 0) is 44.4 Å². The smallest absolute Gasteiger partial charge is 0.191 e. The number of nitrogens with zero attached hydrogens (tertiary/aromatic N) is 1. The van der Waals surface area contributed by atoms with Crippen LogP contribution in [0.5, 0.6) is 0 Å². The van der Waals surface area contributed by atoms with Crippen LogP contribution in [-0.2, 0) is 4.74 Å². The van der Waals surface area contributed by atoms with Gasteiger partial charge in [-0.3, -0.25) is 4.99 Å². The number of rotatable bonds is 3. The fourth-order valence-corrected chi connectivity index (χ4v) is 3.44. The lowest BCUT2D eigenvalue weighted by atomic mass is 9.94. The van der Waals surface area contributed by atoms with Crippen LogP contribution in [0, 0.1) is 5.92 Å². The molecule has 0 saturated carbocycles. The summed E-state index contributed by atoms with van der Waals surface area (Å²) in [6, 6.07) is 0.455. The summed E-state index contributed by atoms with van der Waals surface area (Å²) in [6.07, 6.45) is 12.8. The summed E-state index contributed by atoms with van der Waals surface area (Å²) in [5, 5.41) is 7.01. The van der Waals surface area contributed by atoms with E-state index < -0.39 is 0 Å². The summed E-state index contributed by atoms with van der Waals surface area (Å²) >= 11 is 0. The maximum absolute atomic E-state index is 5.87. The fraction of sp³-hybridized carbons (Fsp3) is 0.800. The molecular formula is C15H25N3O. The normalized spacial score (nSPS) is 37.6. The molecule has 0 radical (unpaired) electrons. The van der Waals surface area contributed by atoms with Gasteiger partial charge in [-0.15, -0.1) is 0 Å². The molecule has 0 spiro atoms. The Kier molecular flexibility index (Phi) is 4.06. The van der Waals surface area contributed by atoms with Crippen LogP contribution < -0.4 is 10.6 Å². The molecule has 2 heterocycles. The first-order valence-electron chi connectivity index (χ1n) is 7.63. The van der Waals surface area contributed by atoms with Crippen molar-refractivity contribution in [2.24, 2.45) is 10.9 Å². The highest BCUT2D eigenvalue weighted by Gasteiger charge is 2.41. The predicted molar refractivity (Wildman–Crippen MR) is 77.3 cm³/mol. The second kappa shape index (κ2) is 5.95. The van der Waals surface area contributed by atoms with Crippen LogP contribution in [0.1, 0.15) is 38.5 Å². The highest BCUT2D eigenvalue weighted by Crippen LogP contribution is 2.34. The van der Waals surface area contributed by atoms with Crippen LogP contribution in [0.15, 0.2) is 17.1 Å². The van der Waals surface area contributed by atoms with Crippen LogP contribution >= 0.6 is 0 Å². The molecule has 2 N–H and O–H groups in total. The van der Waals surface area contributed by atoms with E-state index in [1.807, 2.05) is 7.05 Å². The van der Waals surface area contributed by atoms with E-state index in [1.165, 1.54) is 32.1 Å². The zero-order chi connectivity index (χ0) is 13.1. The van der Waals surface area contributed by atoms with E-state index in [0.29, 0.717) is 18.2 Å². The zero-order valence-electron chi connectivity index (χ0n) is 11.8. The van der Waals surface area contributed by atoms with Crippen molar-refractivity contribution in [2.45, 2.75) is 56.8 Å². The van der Waals surface area contributed by atoms with Crippen LogP contribution in [-0.4, -0.2) is 37.8 Å². The average molecular weight is 263 g/mol. The molecule has 1 aliphatic carbocycles. The van der Waals surface area contributed by atoms with E-state index in [4.69, 9.17) is 4.74 Å². The number of hydrogen-bond donors (Lipinski definition) is 2. The molecule has 3 rings (SSSR count). The third kappa shape index (κ3) is 3.11. The minimum absolute atomic E-state index is 0.404. The second-order valence-electron chi connectivity index (χ2n) is 5.96. The standard InChI is InChI=1S/C15H25N3O/c1-16-15(17-10-11-5-3-2-4-6-11)18-13-9-12-7-8-14(13)19-12/h2-3,11-14H,4-10H2,1H3,(H2,16,17,18). The van der Waals surface area contributed by atoms with Crippen molar-refractivity contribution < 1.29 is 4.74 Å². The van der Waals surface area contributed by atoms with Gasteiger partial charge in [-0.25, -0.2) is 0 Å². The van der Waals surface area contributed by atoms with Gasteiger partial charge >= 0.3 is 0 Å². The molecule has 3 aliphatic rings. The molecule has 2 aliphatic heterocycles. The number of guanidine groups is 1. The van der Waals surface area contributed by atoms with Gasteiger partial charge < -0.3 is 15.4 Å². The summed E-state index contributed by atoms with van der Waals surface area (Å²) < 4.78 is 5.87. The Morgan fingerprint density at radius 2 is 2.26 bits per heavy atom.